The predicted octanol–water partition coefficient (Wildman–Crippen LogP) is 2.48. The summed E-state index contributed by atoms with van der Waals surface area (Å²) in [5.41, 5.74) is 3.02. The smallest absolute Gasteiger partial charge is 0.346 e. The molecule has 150 valence electrons. The monoisotopic (exact) mass is 392 g/mol. The van der Waals surface area contributed by atoms with Crippen LogP contribution in [0.4, 0.5) is 5.69 Å². The SMILES string of the molecule is COc1ccc(-c2cc(C(=O)NCCc3ccc(N(C)C)cc3)[nH]c(=O)n2)cc1. The van der Waals surface area contributed by atoms with Gasteiger partial charge in [0.25, 0.3) is 5.91 Å². The van der Waals surface area contributed by atoms with Crippen LogP contribution in [0.2, 0.25) is 0 Å². The summed E-state index contributed by atoms with van der Waals surface area (Å²) in [6.45, 7) is 0.461. The van der Waals surface area contributed by atoms with E-state index in [2.05, 4.69) is 15.3 Å². The number of hydrogen-bond acceptors (Lipinski definition) is 5. The molecule has 3 aromatic rings. The number of nitrogens with one attached hydrogen (secondary N) is 2. The molecule has 2 aromatic carbocycles. The summed E-state index contributed by atoms with van der Waals surface area (Å²) in [5.74, 6) is 0.361. The number of methoxy groups -OCH3 is 1. The topological polar surface area (TPSA) is 87.3 Å². The number of hydrogen-bond donors (Lipinski definition) is 2. The van der Waals surface area contributed by atoms with E-state index in [1.165, 1.54) is 0 Å². The molecule has 1 heterocycles. The fraction of sp³-hybridized carbons (Fsp3) is 0.227. The average Bonchev–Trinajstić information content (AvgIpc) is 2.73. The molecule has 29 heavy (non-hydrogen) atoms. The minimum absolute atomic E-state index is 0.179. The molecule has 0 unspecified atom stereocenters. The maximum atomic E-state index is 12.5. The molecule has 0 aliphatic carbocycles. The van der Waals surface area contributed by atoms with E-state index in [4.69, 9.17) is 4.74 Å². The van der Waals surface area contributed by atoms with Gasteiger partial charge in [-0.15, -0.1) is 0 Å². The number of carbonyl (C=O) groups is 1. The number of benzene rings is 2. The van der Waals surface area contributed by atoms with Crippen LogP contribution in [0, 0.1) is 0 Å². The Morgan fingerprint density at radius 1 is 1.10 bits per heavy atom. The van der Waals surface area contributed by atoms with Crippen molar-refractivity contribution in [3.63, 3.8) is 0 Å². The van der Waals surface area contributed by atoms with Gasteiger partial charge in [-0.05, 0) is 54.4 Å². The second-order valence-corrected chi connectivity index (χ2v) is 6.78. The summed E-state index contributed by atoms with van der Waals surface area (Å²) in [4.78, 5) is 32.9. The van der Waals surface area contributed by atoms with Crippen LogP contribution in [0.5, 0.6) is 5.75 Å². The fourth-order valence-corrected chi connectivity index (χ4v) is 2.87. The molecule has 1 aromatic heterocycles. The summed E-state index contributed by atoms with van der Waals surface area (Å²) >= 11 is 0. The number of rotatable bonds is 7. The first-order valence-corrected chi connectivity index (χ1v) is 9.26. The van der Waals surface area contributed by atoms with Crippen LogP contribution in [0.15, 0.2) is 59.4 Å². The van der Waals surface area contributed by atoms with Crippen LogP contribution in [0.3, 0.4) is 0 Å². The summed E-state index contributed by atoms with van der Waals surface area (Å²) in [5, 5.41) is 2.84. The Bertz CT molecular complexity index is 1030. The maximum Gasteiger partial charge on any atom is 0.346 e. The standard InChI is InChI=1S/C22H24N4O3/c1-26(2)17-8-4-15(5-9-17)12-13-23-21(27)20-14-19(24-22(28)25-20)16-6-10-18(29-3)11-7-16/h4-11,14H,12-13H2,1-3H3,(H,23,27)(H,24,25,28). The van der Waals surface area contributed by atoms with Gasteiger partial charge in [-0.2, -0.15) is 4.98 Å². The van der Waals surface area contributed by atoms with Crippen molar-refractivity contribution in [2.45, 2.75) is 6.42 Å². The molecule has 0 aliphatic heterocycles. The number of H-pyrrole nitrogens is 1. The number of anilines is 1. The van der Waals surface area contributed by atoms with Crippen molar-refractivity contribution in [2.24, 2.45) is 0 Å². The summed E-state index contributed by atoms with van der Waals surface area (Å²) < 4.78 is 5.13. The Kier molecular flexibility index (Phi) is 6.29. The quantitative estimate of drug-likeness (QED) is 0.645. The zero-order valence-corrected chi connectivity index (χ0v) is 16.7. The minimum atomic E-state index is -0.567. The molecule has 0 saturated heterocycles. The van der Waals surface area contributed by atoms with Crippen molar-refractivity contribution in [1.82, 2.24) is 15.3 Å². The lowest BCUT2D eigenvalue weighted by atomic mass is 10.1. The van der Waals surface area contributed by atoms with Crippen molar-refractivity contribution >= 4 is 11.6 Å². The van der Waals surface area contributed by atoms with Gasteiger partial charge in [0.15, 0.2) is 0 Å². The van der Waals surface area contributed by atoms with Gasteiger partial charge >= 0.3 is 5.69 Å². The summed E-state index contributed by atoms with van der Waals surface area (Å²) in [6.07, 6.45) is 0.695. The number of ether oxygens (including phenoxy) is 1. The normalized spacial score (nSPS) is 10.4. The lowest BCUT2D eigenvalue weighted by molar-refractivity contribution is 0.0948. The zero-order chi connectivity index (χ0) is 20.8. The van der Waals surface area contributed by atoms with Gasteiger partial charge in [0.1, 0.15) is 11.4 Å². The molecule has 0 atom stereocenters. The zero-order valence-electron chi connectivity index (χ0n) is 16.7. The Labute approximate surface area is 169 Å². The Hall–Kier alpha value is -3.61. The summed E-state index contributed by atoms with van der Waals surface area (Å²) in [7, 11) is 5.56. The highest BCUT2D eigenvalue weighted by Crippen LogP contribution is 2.20. The molecule has 0 radical (unpaired) electrons. The van der Waals surface area contributed by atoms with Crippen LogP contribution in [-0.4, -0.2) is 43.6 Å². The highest BCUT2D eigenvalue weighted by atomic mass is 16.5. The van der Waals surface area contributed by atoms with Gasteiger partial charge in [-0.25, -0.2) is 4.79 Å². The molecule has 1 amide bonds. The van der Waals surface area contributed by atoms with Crippen LogP contribution in [0.25, 0.3) is 11.3 Å². The van der Waals surface area contributed by atoms with E-state index >= 15 is 0 Å². The van der Waals surface area contributed by atoms with Gasteiger partial charge < -0.3 is 19.9 Å². The van der Waals surface area contributed by atoms with E-state index in [1.807, 2.05) is 43.3 Å². The third kappa shape index (κ3) is 5.22. The Morgan fingerprint density at radius 3 is 2.41 bits per heavy atom. The van der Waals surface area contributed by atoms with Crippen molar-refractivity contribution in [3.8, 4) is 17.0 Å². The molecular weight excluding hydrogens is 368 g/mol. The van der Waals surface area contributed by atoms with E-state index in [0.29, 0.717) is 24.4 Å². The van der Waals surface area contributed by atoms with E-state index < -0.39 is 5.69 Å². The lowest BCUT2D eigenvalue weighted by Gasteiger charge is -2.12. The van der Waals surface area contributed by atoms with Crippen molar-refractivity contribution in [1.29, 1.82) is 0 Å². The lowest BCUT2D eigenvalue weighted by Crippen LogP contribution is -2.29. The van der Waals surface area contributed by atoms with Crippen LogP contribution in [0.1, 0.15) is 16.1 Å². The summed E-state index contributed by atoms with van der Waals surface area (Å²) in [6, 6.07) is 16.9. The first-order chi connectivity index (χ1) is 14.0. The van der Waals surface area contributed by atoms with Gasteiger partial charge in [-0.1, -0.05) is 12.1 Å². The second kappa shape index (κ2) is 9.05. The maximum absolute atomic E-state index is 12.5. The average molecular weight is 392 g/mol. The largest absolute Gasteiger partial charge is 0.497 e. The molecule has 0 bridgehead atoms. The van der Waals surface area contributed by atoms with E-state index in [9.17, 15) is 9.59 Å². The third-order valence-electron chi connectivity index (χ3n) is 4.53. The fourth-order valence-electron chi connectivity index (χ4n) is 2.87. The van der Waals surface area contributed by atoms with E-state index in [1.54, 1.807) is 37.4 Å². The number of carbonyl (C=O) groups excluding carboxylic acids is 1. The number of nitrogens with zero attached hydrogens (tertiary/aromatic N) is 2. The molecule has 7 nitrogen and oxygen atoms in total. The van der Waals surface area contributed by atoms with Crippen LogP contribution < -0.4 is 20.6 Å². The van der Waals surface area contributed by atoms with Crippen molar-refractivity contribution in [2.75, 3.05) is 32.6 Å². The molecule has 0 spiro atoms. The molecular formula is C22H24N4O3. The van der Waals surface area contributed by atoms with E-state index in [-0.39, 0.29) is 11.6 Å². The molecule has 0 aliphatic rings. The number of amides is 1. The highest BCUT2D eigenvalue weighted by molar-refractivity contribution is 5.93. The van der Waals surface area contributed by atoms with Crippen LogP contribution >= 0.6 is 0 Å². The Balaban J connectivity index is 1.65. The van der Waals surface area contributed by atoms with Crippen molar-refractivity contribution < 1.29 is 9.53 Å². The van der Waals surface area contributed by atoms with Crippen LogP contribution in [-0.2, 0) is 6.42 Å². The van der Waals surface area contributed by atoms with Gasteiger partial charge in [-0.3, -0.25) is 4.79 Å². The predicted molar refractivity (Wildman–Crippen MR) is 114 cm³/mol. The minimum Gasteiger partial charge on any atom is -0.497 e. The molecule has 7 heteroatoms. The molecule has 0 fully saturated rings. The van der Waals surface area contributed by atoms with Gasteiger partial charge in [0, 0.05) is 31.9 Å². The first-order valence-electron chi connectivity index (χ1n) is 9.26. The molecule has 3 rings (SSSR count). The van der Waals surface area contributed by atoms with Crippen molar-refractivity contribution in [3.05, 3.63) is 76.3 Å². The number of aromatic nitrogens is 2. The second-order valence-electron chi connectivity index (χ2n) is 6.78. The number of aromatic amines is 1. The van der Waals surface area contributed by atoms with E-state index in [0.717, 1.165) is 16.8 Å². The molecule has 2 N–H and O–H groups in total. The van der Waals surface area contributed by atoms with Gasteiger partial charge in [0.2, 0.25) is 0 Å². The van der Waals surface area contributed by atoms with Gasteiger partial charge in [0.05, 0.1) is 12.8 Å². The third-order valence-corrected chi connectivity index (χ3v) is 4.53. The Morgan fingerprint density at radius 2 is 1.79 bits per heavy atom. The molecule has 0 saturated carbocycles. The first kappa shape index (κ1) is 20.1. The highest BCUT2D eigenvalue weighted by Gasteiger charge is 2.11.